The molecule has 0 bridgehead atoms. The number of esters is 1. The highest BCUT2D eigenvalue weighted by Crippen LogP contribution is 2.07. The van der Waals surface area contributed by atoms with Gasteiger partial charge in [0.25, 0.3) is 0 Å². The van der Waals surface area contributed by atoms with Crippen molar-refractivity contribution in [2.45, 2.75) is 39.2 Å². The quantitative estimate of drug-likeness (QED) is 0.485. The summed E-state index contributed by atoms with van der Waals surface area (Å²) in [5.41, 5.74) is 0. The summed E-state index contributed by atoms with van der Waals surface area (Å²) in [6, 6.07) is 0. The van der Waals surface area contributed by atoms with Crippen LogP contribution >= 0.6 is 0 Å². The highest BCUT2D eigenvalue weighted by Gasteiger charge is 2.16. The van der Waals surface area contributed by atoms with Gasteiger partial charge in [0.2, 0.25) is 0 Å². The van der Waals surface area contributed by atoms with Crippen molar-refractivity contribution in [2.24, 2.45) is 0 Å². The van der Waals surface area contributed by atoms with Gasteiger partial charge in [-0.1, -0.05) is 19.9 Å². The summed E-state index contributed by atoms with van der Waals surface area (Å²) in [5.74, 6) is -0.529. The van der Waals surface area contributed by atoms with E-state index in [1.807, 2.05) is 6.92 Å². The van der Waals surface area contributed by atoms with Gasteiger partial charge in [0, 0.05) is 6.08 Å². The zero-order valence-electron chi connectivity index (χ0n) is 10.4. The molecule has 0 saturated carbocycles. The highest BCUT2D eigenvalue weighted by atomic mass is 16.7. The Bertz CT molecular complexity index is 249. The fourth-order valence-corrected chi connectivity index (χ4v) is 1.13. The summed E-state index contributed by atoms with van der Waals surface area (Å²) in [6.45, 7) is 7.29. The van der Waals surface area contributed by atoms with E-state index in [2.05, 4.69) is 11.3 Å². The van der Waals surface area contributed by atoms with Gasteiger partial charge >= 0.3 is 12.1 Å². The zero-order valence-corrected chi connectivity index (χ0v) is 10.4. The van der Waals surface area contributed by atoms with E-state index < -0.39 is 18.2 Å². The van der Waals surface area contributed by atoms with Crippen molar-refractivity contribution in [2.75, 3.05) is 13.2 Å². The molecule has 0 aromatic rings. The van der Waals surface area contributed by atoms with Crippen LogP contribution in [0.1, 0.15) is 33.1 Å². The third-order valence-electron chi connectivity index (χ3n) is 1.98. The minimum atomic E-state index is -0.733. The summed E-state index contributed by atoms with van der Waals surface area (Å²) in [4.78, 5) is 22.0. The van der Waals surface area contributed by atoms with Crippen molar-refractivity contribution in [1.29, 1.82) is 0 Å². The molecule has 98 valence electrons. The van der Waals surface area contributed by atoms with Gasteiger partial charge in [-0.15, -0.1) is 0 Å². The van der Waals surface area contributed by atoms with Gasteiger partial charge in [-0.05, 0) is 19.8 Å². The molecule has 0 aliphatic heterocycles. The van der Waals surface area contributed by atoms with E-state index in [4.69, 9.17) is 9.47 Å². The van der Waals surface area contributed by atoms with Gasteiger partial charge < -0.3 is 14.2 Å². The van der Waals surface area contributed by atoms with E-state index in [0.717, 1.165) is 18.9 Å². The maximum absolute atomic E-state index is 11.1. The zero-order chi connectivity index (χ0) is 13.1. The van der Waals surface area contributed by atoms with Crippen LogP contribution in [0.25, 0.3) is 0 Å². The standard InChI is InChI=1S/C12H20O5/c1-4-7-8-10(9-16-11(13)5-2)17-12(14)15-6-3/h5,10H,2,4,6-9H2,1,3H3. The van der Waals surface area contributed by atoms with Crippen LogP contribution in [0.15, 0.2) is 12.7 Å². The molecule has 0 rings (SSSR count). The van der Waals surface area contributed by atoms with Crippen LogP contribution in [0.2, 0.25) is 0 Å². The van der Waals surface area contributed by atoms with E-state index in [1.54, 1.807) is 6.92 Å². The number of carbonyl (C=O) groups is 2. The average molecular weight is 244 g/mol. The summed E-state index contributed by atoms with van der Waals surface area (Å²) >= 11 is 0. The van der Waals surface area contributed by atoms with Crippen LogP contribution in [0.4, 0.5) is 4.79 Å². The fraction of sp³-hybridized carbons (Fsp3) is 0.667. The third-order valence-corrected chi connectivity index (χ3v) is 1.98. The van der Waals surface area contributed by atoms with E-state index in [0.29, 0.717) is 6.42 Å². The van der Waals surface area contributed by atoms with Crippen molar-refractivity contribution in [1.82, 2.24) is 0 Å². The number of carbonyl (C=O) groups excluding carboxylic acids is 2. The van der Waals surface area contributed by atoms with Crippen LogP contribution in [-0.2, 0) is 19.0 Å². The molecule has 0 aliphatic rings. The van der Waals surface area contributed by atoms with Crippen molar-refractivity contribution >= 4 is 12.1 Å². The lowest BCUT2D eigenvalue weighted by molar-refractivity contribution is -0.141. The normalized spacial score (nSPS) is 11.4. The molecule has 0 N–H and O–H groups in total. The first kappa shape index (κ1) is 15.5. The van der Waals surface area contributed by atoms with Gasteiger partial charge in [0.05, 0.1) is 6.61 Å². The van der Waals surface area contributed by atoms with Gasteiger partial charge in [-0.3, -0.25) is 0 Å². The van der Waals surface area contributed by atoms with E-state index >= 15 is 0 Å². The van der Waals surface area contributed by atoms with Gasteiger partial charge in [0.15, 0.2) is 0 Å². The molecule has 0 radical (unpaired) electrons. The van der Waals surface area contributed by atoms with Crippen LogP contribution in [0.5, 0.6) is 0 Å². The number of ether oxygens (including phenoxy) is 3. The van der Waals surface area contributed by atoms with Crippen LogP contribution < -0.4 is 0 Å². The number of unbranched alkanes of at least 4 members (excludes halogenated alkanes) is 1. The Balaban J connectivity index is 4.07. The Morgan fingerprint density at radius 3 is 2.53 bits per heavy atom. The van der Waals surface area contributed by atoms with Gasteiger partial charge in [0.1, 0.15) is 12.7 Å². The molecule has 1 atom stereocenters. The Morgan fingerprint density at radius 2 is 2.00 bits per heavy atom. The molecule has 0 aromatic heterocycles. The number of hydrogen-bond acceptors (Lipinski definition) is 5. The molecule has 0 aliphatic carbocycles. The second kappa shape index (κ2) is 9.69. The minimum Gasteiger partial charge on any atom is -0.459 e. The van der Waals surface area contributed by atoms with E-state index in [-0.39, 0.29) is 13.2 Å². The Labute approximate surface area is 102 Å². The second-order valence-electron chi connectivity index (χ2n) is 3.40. The highest BCUT2D eigenvalue weighted by molar-refractivity contribution is 5.81. The Hall–Kier alpha value is -1.52. The molecule has 0 fully saturated rings. The summed E-state index contributed by atoms with van der Waals surface area (Å²) in [7, 11) is 0. The molecule has 0 heterocycles. The molecular formula is C12H20O5. The first-order chi connectivity index (χ1) is 8.13. The lowest BCUT2D eigenvalue weighted by Gasteiger charge is -2.16. The monoisotopic (exact) mass is 244 g/mol. The third kappa shape index (κ3) is 8.30. The van der Waals surface area contributed by atoms with E-state index in [9.17, 15) is 9.59 Å². The van der Waals surface area contributed by atoms with E-state index in [1.165, 1.54) is 0 Å². The fourth-order valence-electron chi connectivity index (χ4n) is 1.13. The summed E-state index contributed by atoms with van der Waals surface area (Å²) in [5, 5.41) is 0. The topological polar surface area (TPSA) is 61.8 Å². The first-order valence-electron chi connectivity index (χ1n) is 5.76. The molecular weight excluding hydrogens is 224 g/mol. The van der Waals surface area contributed by atoms with Gasteiger partial charge in [-0.25, -0.2) is 9.59 Å². The largest absolute Gasteiger partial charge is 0.508 e. The minimum absolute atomic E-state index is 0.0314. The molecule has 1 unspecified atom stereocenters. The van der Waals surface area contributed by atoms with Crippen molar-refractivity contribution in [3.8, 4) is 0 Å². The Kier molecular flexibility index (Phi) is 8.82. The number of hydrogen-bond donors (Lipinski definition) is 0. The Morgan fingerprint density at radius 1 is 1.29 bits per heavy atom. The van der Waals surface area contributed by atoms with Crippen LogP contribution in [0.3, 0.4) is 0 Å². The van der Waals surface area contributed by atoms with Crippen molar-refractivity contribution in [3.05, 3.63) is 12.7 Å². The lowest BCUT2D eigenvalue weighted by Crippen LogP contribution is -2.25. The number of rotatable bonds is 8. The summed E-state index contributed by atoms with van der Waals surface area (Å²) < 4.78 is 14.5. The smallest absolute Gasteiger partial charge is 0.459 e. The van der Waals surface area contributed by atoms with Crippen LogP contribution in [-0.4, -0.2) is 31.4 Å². The maximum Gasteiger partial charge on any atom is 0.508 e. The lowest BCUT2D eigenvalue weighted by atomic mass is 10.2. The molecule has 5 nitrogen and oxygen atoms in total. The first-order valence-corrected chi connectivity index (χ1v) is 5.76. The summed E-state index contributed by atoms with van der Waals surface area (Å²) in [6.07, 6.45) is 2.37. The average Bonchev–Trinajstić information content (AvgIpc) is 2.32. The molecule has 0 aromatic carbocycles. The molecule has 17 heavy (non-hydrogen) atoms. The van der Waals surface area contributed by atoms with Crippen molar-refractivity contribution < 1.29 is 23.8 Å². The molecule has 0 spiro atoms. The van der Waals surface area contributed by atoms with Crippen LogP contribution in [0, 0.1) is 0 Å². The maximum atomic E-state index is 11.1. The molecule has 5 heteroatoms. The SMILES string of the molecule is C=CC(=O)OCC(CCCC)OC(=O)OCC. The predicted octanol–water partition coefficient (Wildman–Crippen LogP) is 2.45. The molecule has 0 amide bonds. The van der Waals surface area contributed by atoms with Gasteiger partial charge in [-0.2, -0.15) is 0 Å². The predicted molar refractivity (Wildman–Crippen MR) is 62.6 cm³/mol. The molecule has 0 saturated heterocycles. The van der Waals surface area contributed by atoms with Crippen molar-refractivity contribution in [3.63, 3.8) is 0 Å². The second-order valence-corrected chi connectivity index (χ2v) is 3.40.